The summed E-state index contributed by atoms with van der Waals surface area (Å²) in [6, 6.07) is 8.39. The van der Waals surface area contributed by atoms with Crippen LogP contribution in [0.3, 0.4) is 0 Å². The zero-order valence-electron chi connectivity index (χ0n) is 23.8. The van der Waals surface area contributed by atoms with Crippen molar-refractivity contribution in [1.29, 1.82) is 0 Å². The summed E-state index contributed by atoms with van der Waals surface area (Å²) >= 11 is 0. The fourth-order valence-corrected chi connectivity index (χ4v) is 5.45. The smallest absolute Gasteiger partial charge is 0.317 e. The quantitative estimate of drug-likeness (QED) is 0.614. The summed E-state index contributed by atoms with van der Waals surface area (Å²) in [6.07, 6.45) is 5.43. The number of likely N-dealkylation sites (tertiary alicyclic amines) is 1. The topological polar surface area (TPSA) is 89.9 Å². The molecule has 0 spiro atoms. The number of hydrogen-bond acceptors (Lipinski definition) is 6. The molecule has 4 rings (SSSR count). The molecule has 0 aromatic carbocycles. The standard InChI is InChI=1S/C30H43N5O3/c1-29(2,3)24-9-7-21(16-31-24)18-35-14-13-34(19-27(35)36)26-15-22(11-12-33(26)20-28(37)38)23-8-10-25(32-17-23)30(4,5)6/h7-10,16-17,22,26H,11-15,18-20H2,1-6H3,(H,37,38). The molecule has 0 bridgehead atoms. The van der Waals surface area contributed by atoms with E-state index in [1.54, 1.807) is 0 Å². The Balaban J connectivity index is 1.43. The fraction of sp³-hybridized carbons (Fsp3) is 0.600. The first-order valence-corrected chi connectivity index (χ1v) is 13.7. The highest BCUT2D eigenvalue weighted by Crippen LogP contribution is 2.34. The predicted molar refractivity (Wildman–Crippen MR) is 148 cm³/mol. The second-order valence-corrected chi connectivity index (χ2v) is 12.9. The Morgan fingerprint density at radius 2 is 1.61 bits per heavy atom. The summed E-state index contributed by atoms with van der Waals surface area (Å²) in [5.74, 6) is -0.474. The summed E-state index contributed by atoms with van der Waals surface area (Å²) in [4.78, 5) is 40.3. The number of piperidine rings is 1. The molecule has 4 heterocycles. The number of carbonyl (C=O) groups excluding carboxylic acids is 1. The van der Waals surface area contributed by atoms with Crippen molar-refractivity contribution in [2.45, 2.75) is 83.8 Å². The van der Waals surface area contributed by atoms with Gasteiger partial charge in [-0.05, 0) is 42.0 Å². The predicted octanol–water partition coefficient (Wildman–Crippen LogP) is 4.01. The SMILES string of the molecule is CC(C)(C)c1ccc(CN2CCN(C3CC(c4ccc(C(C)(C)C)nc4)CCN3CC(=O)O)CC2=O)cn1. The van der Waals surface area contributed by atoms with Gasteiger partial charge in [0.2, 0.25) is 5.91 Å². The van der Waals surface area contributed by atoms with E-state index in [0.29, 0.717) is 32.7 Å². The monoisotopic (exact) mass is 521 g/mol. The van der Waals surface area contributed by atoms with Crippen molar-refractivity contribution >= 4 is 11.9 Å². The molecule has 2 aromatic heterocycles. The maximum atomic E-state index is 13.2. The molecule has 2 saturated heterocycles. The van der Waals surface area contributed by atoms with Crippen LogP contribution < -0.4 is 0 Å². The van der Waals surface area contributed by atoms with Crippen molar-refractivity contribution in [2.24, 2.45) is 0 Å². The van der Waals surface area contributed by atoms with Crippen LogP contribution >= 0.6 is 0 Å². The zero-order valence-corrected chi connectivity index (χ0v) is 23.8. The summed E-state index contributed by atoms with van der Waals surface area (Å²) in [5, 5.41) is 9.55. The van der Waals surface area contributed by atoms with Gasteiger partial charge in [0.05, 0.1) is 19.3 Å². The molecule has 38 heavy (non-hydrogen) atoms. The van der Waals surface area contributed by atoms with E-state index in [9.17, 15) is 14.7 Å². The molecule has 0 aliphatic carbocycles. The van der Waals surface area contributed by atoms with Gasteiger partial charge in [-0.2, -0.15) is 0 Å². The van der Waals surface area contributed by atoms with Crippen molar-refractivity contribution in [2.75, 3.05) is 32.7 Å². The minimum atomic E-state index is -0.833. The Hall–Kier alpha value is -2.84. The summed E-state index contributed by atoms with van der Waals surface area (Å²) in [5.41, 5.74) is 4.29. The second kappa shape index (κ2) is 11.1. The summed E-state index contributed by atoms with van der Waals surface area (Å²) in [6.45, 7) is 15.7. The lowest BCUT2D eigenvalue weighted by Gasteiger charge is -2.47. The van der Waals surface area contributed by atoms with Gasteiger partial charge in [-0.1, -0.05) is 53.7 Å². The van der Waals surface area contributed by atoms with Gasteiger partial charge in [0, 0.05) is 60.8 Å². The Morgan fingerprint density at radius 3 is 2.13 bits per heavy atom. The highest BCUT2D eigenvalue weighted by molar-refractivity contribution is 5.79. The first-order chi connectivity index (χ1) is 17.8. The lowest BCUT2D eigenvalue weighted by Crippen LogP contribution is -2.60. The van der Waals surface area contributed by atoms with Gasteiger partial charge in [0.1, 0.15) is 0 Å². The first kappa shape index (κ1) is 28.2. The van der Waals surface area contributed by atoms with Gasteiger partial charge < -0.3 is 10.0 Å². The van der Waals surface area contributed by atoms with Crippen LogP contribution in [0.25, 0.3) is 0 Å². The van der Waals surface area contributed by atoms with Gasteiger partial charge >= 0.3 is 5.97 Å². The van der Waals surface area contributed by atoms with E-state index in [-0.39, 0.29) is 35.4 Å². The highest BCUT2D eigenvalue weighted by atomic mass is 16.4. The Kier molecular flexibility index (Phi) is 8.23. The molecule has 2 fully saturated rings. The molecule has 8 heteroatoms. The number of nitrogens with zero attached hydrogens (tertiary/aromatic N) is 5. The van der Waals surface area contributed by atoms with Crippen molar-refractivity contribution < 1.29 is 14.7 Å². The maximum absolute atomic E-state index is 13.2. The second-order valence-electron chi connectivity index (χ2n) is 12.9. The Bertz CT molecular complexity index is 1120. The molecule has 8 nitrogen and oxygen atoms in total. The lowest BCUT2D eigenvalue weighted by molar-refractivity contribution is -0.145. The minimum absolute atomic E-state index is 0.00333. The van der Waals surface area contributed by atoms with Crippen LogP contribution in [-0.4, -0.2) is 80.5 Å². The van der Waals surface area contributed by atoms with Crippen LogP contribution in [0.1, 0.15) is 82.8 Å². The van der Waals surface area contributed by atoms with E-state index in [1.807, 2.05) is 28.3 Å². The molecular formula is C30H43N5O3. The largest absolute Gasteiger partial charge is 0.480 e. The molecule has 206 valence electrons. The average Bonchev–Trinajstić information content (AvgIpc) is 2.84. The van der Waals surface area contributed by atoms with Gasteiger partial charge in [-0.15, -0.1) is 0 Å². The first-order valence-electron chi connectivity index (χ1n) is 13.7. The van der Waals surface area contributed by atoms with Crippen LogP contribution in [-0.2, 0) is 27.0 Å². The lowest BCUT2D eigenvalue weighted by atomic mass is 9.86. The minimum Gasteiger partial charge on any atom is -0.480 e. The molecule has 2 aliphatic heterocycles. The van der Waals surface area contributed by atoms with Crippen molar-refractivity contribution in [1.82, 2.24) is 24.7 Å². The number of piperazine rings is 1. The third-order valence-corrected chi connectivity index (χ3v) is 7.78. The van der Waals surface area contributed by atoms with Crippen molar-refractivity contribution in [3.63, 3.8) is 0 Å². The van der Waals surface area contributed by atoms with E-state index in [0.717, 1.165) is 29.8 Å². The number of rotatable bonds is 6. The number of carboxylic acid groups (broad SMARTS) is 1. The van der Waals surface area contributed by atoms with Crippen molar-refractivity contribution in [3.8, 4) is 0 Å². The Morgan fingerprint density at radius 1 is 0.947 bits per heavy atom. The number of carboxylic acids is 1. The fourth-order valence-electron chi connectivity index (χ4n) is 5.45. The number of aliphatic carboxylic acids is 1. The molecule has 2 aliphatic rings. The highest BCUT2D eigenvalue weighted by Gasteiger charge is 2.37. The van der Waals surface area contributed by atoms with E-state index in [4.69, 9.17) is 4.98 Å². The van der Waals surface area contributed by atoms with Crippen molar-refractivity contribution in [3.05, 3.63) is 59.2 Å². The van der Waals surface area contributed by atoms with Crippen LogP contribution in [0.2, 0.25) is 0 Å². The van der Waals surface area contributed by atoms with E-state index < -0.39 is 5.97 Å². The summed E-state index contributed by atoms with van der Waals surface area (Å²) < 4.78 is 0. The molecule has 0 radical (unpaired) electrons. The number of pyridine rings is 2. The molecule has 0 saturated carbocycles. The van der Waals surface area contributed by atoms with Crippen LogP contribution in [0.4, 0.5) is 0 Å². The van der Waals surface area contributed by atoms with Gasteiger partial charge in [-0.3, -0.25) is 29.4 Å². The number of aromatic nitrogens is 2. The van der Waals surface area contributed by atoms with E-state index in [1.165, 1.54) is 5.56 Å². The van der Waals surface area contributed by atoms with Crippen LogP contribution in [0.15, 0.2) is 36.7 Å². The molecule has 2 unspecified atom stereocenters. The Labute approximate surface area is 227 Å². The van der Waals surface area contributed by atoms with Gasteiger partial charge in [0.25, 0.3) is 0 Å². The average molecular weight is 522 g/mol. The van der Waals surface area contributed by atoms with Crippen LogP contribution in [0, 0.1) is 0 Å². The summed E-state index contributed by atoms with van der Waals surface area (Å²) in [7, 11) is 0. The van der Waals surface area contributed by atoms with E-state index >= 15 is 0 Å². The van der Waals surface area contributed by atoms with Gasteiger partial charge in [-0.25, -0.2) is 0 Å². The molecule has 1 amide bonds. The molecule has 1 N–H and O–H groups in total. The zero-order chi connectivity index (χ0) is 27.7. The molecular weight excluding hydrogens is 478 g/mol. The van der Waals surface area contributed by atoms with Crippen LogP contribution in [0.5, 0.6) is 0 Å². The number of carbonyl (C=O) groups is 2. The molecule has 2 aromatic rings. The van der Waals surface area contributed by atoms with E-state index in [2.05, 4.69) is 69.6 Å². The normalized spacial score (nSPS) is 22.1. The molecule has 2 atom stereocenters. The van der Waals surface area contributed by atoms with Gasteiger partial charge in [0.15, 0.2) is 0 Å². The number of amides is 1. The number of hydrogen-bond donors (Lipinski definition) is 1. The maximum Gasteiger partial charge on any atom is 0.317 e. The third-order valence-electron chi connectivity index (χ3n) is 7.78. The third kappa shape index (κ3) is 6.77.